The molecule has 0 aliphatic rings. The third-order valence-corrected chi connectivity index (χ3v) is 3.97. The summed E-state index contributed by atoms with van der Waals surface area (Å²) in [4.78, 5) is 0. The number of hydrogen-bond donors (Lipinski definition) is 1. The summed E-state index contributed by atoms with van der Waals surface area (Å²) in [5.41, 5.74) is 9.14. The van der Waals surface area contributed by atoms with E-state index >= 15 is 0 Å². The van der Waals surface area contributed by atoms with Crippen LogP contribution in [-0.2, 0) is 6.61 Å². The van der Waals surface area contributed by atoms with Crippen molar-refractivity contribution < 1.29 is 4.74 Å². The molecule has 0 spiro atoms. The third kappa shape index (κ3) is 2.77. The molecule has 0 amide bonds. The van der Waals surface area contributed by atoms with Crippen LogP contribution in [0.5, 0.6) is 5.75 Å². The fraction of sp³-hybridized carbons (Fsp3) is 0.222. The maximum absolute atomic E-state index is 6.09. The second-order valence-electron chi connectivity index (χ2n) is 5.62. The molecule has 0 saturated carbocycles. The largest absolute Gasteiger partial charge is 0.487 e. The Hall–Kier alpha value is -2.13. The Bertz CT molecular complexity index is 791. The first-order valence-corrected chi connectivity index (χ1v) is 7.70. The maximum atomic E-state index is 6.09. The smallest absolute Gasteiger partial charge is 0.128 e. The van der Waals surface area contributed by atoms with Gasteiger partial charge in [-0.3, -0.25) is 0 Å². The molecule has 0 fully saturated rings. The summed E-state index contributed by atoms with van der Waals surface area (Å²) in [5.74, 6) is 0.804. The van der Waals surface area contributed by atoms with Gasteiger partial charge in [0.2, 0.25) is 0 Å². The third-order valence-electron chi connectivity index (χ3n) is 3.71. The minimum atomic E-state index is 0.336. The van der Waals surface area contributed by atoms with Crippen molar-refractivity contribution in [1.29, 1.82) is 0 Å². The molecule has 3 nitrogen and oxygen atoms in total. The van der Waals surface area contributed by atoms with Crippen molar-refractivity contribution in [3.63, 3.8) is 0 Å². The number of rotatable bonds is 4. The zero-order valence-electron chi connectivity index (χ0n) is 12.7. The van der Waals surface area contributed by atoms with Crippen LogP contribution < -0.4 is 10.5 Å². The number of benzene rings is 2. The first kappa shape index (κ1) is 14.8. The van der Waals surface area contributed by atoms with Crippen LogP contribution in [0.25, 0.3) is 10.9 Å². The Balaban J connectivity index is 1.94. The van der Waals surface area contributed by atoms with Gasteiger partial charge in [0.05, 0.1) is 11.2 Å². The van der Waals surface area contributed by atoms with E-state index in [4.69, 9.17) is 22.1 Å². The number of aromatic nitrogens is 1. The second kappa shape index (κ2) is 5.93. The molecule has 22 heavy (non-hydrogen) atoms. The van der Waals surface area contributed by atoms with Gasteiger partial charge in [-0.1, -0.05) is 17.7 Å². The van der Waals surface area contributed by atoms with Crippen LogP contribution in [0.3, 0.4) is 0 Å². The van der Waals surface area contributed by atoms with Gasteiger partial charge in [-0.2, -0.15) is 0 Å². The van der Waals surface area contributed by atoms with Crippen LogP contribution in [0.1, 0.15) is 25.6 Å². The molecule has 0 aliphatic carbocycles. The Morgan fingerprint density at radius 1 is 1.14 bits per heavy atom. The lowest BCUT2D eigenvalue weighted by atomic mass is 10.2. The molecule has 2 aromatic carbocycles. The molecule has 4 heteroatoms. The van der Waals surface area contributed by atoms with Crippen LogP contribution in [-0.4, -0.2) is 4.57 Å². The number of ether oxygens (including phenoxy) is 1. The van der Waals surface area contributed by atoms with Crippen molar-refractivity contribution in [2.75, 3.05) is 5.73 Å². The monoisotopic (exact) mass is 314 g/mol. The molecule has 1 aromatic heterocycles. The summed E-state index contributed by atoms with van der Waals surface area (Å²) >= 11 is 5.89. The fourth-order valence-electron chi connectivity index (χ4n) is 2.74. The Kier molecular flexibility index (Phi) is 3.99. The van der Waals surface area contributed by atoms with Crippen LogP contribution in [0, 0.1) is 0 Å². The van der Waals surface area contributed by atoms with Gasteiger partial charge < -0.3 is 15.0 Å². The minimum Gasteiger partial charge on any atom is -0.487 e. The van der Waals surface area contributed by atoms with E-state index in [1.807, 2.05) is 36.4 Å². The van der Waals surface area contributed by atoms with E-state index in [9.17, 15) is 0 Å². The van der Waals surface area contributed by atoms with Gasteiger partial charge >= 0.3 is 0 Å². The minimum absolute atomic E-state index is 0.336. The maximum Gasteiger partial charge on any atom is 0.128 e. The van der Waals surface area contributed by atoms with Crippen LogP contribution in [0.15, 0.2) is 48.5 Å². The highest BCUT2D eigenvalue weighted by Crippen LogP contribution is 2.29. The predicted molar refractivity (Wildman–Crippen MR) is 92.5 cm³/mol. The number of anilines is 1. The number of nitrogens with two attached hydrogens (primary N) is 1. The van der Waals surface area contributed by atoms with Gasteiger partial charge in [0.15, 0.2) is 0 Å². The van der Waals surface area contributed by atoms with Crippen LogP contribution in [0.4, 0.5) is 5.69 Å². The van der Waals surface area contributed by atoms with Crippen LogP contribution >= 0.6 is 11.6 Å². The molecule has 3 aromatic rings. The molecule has 0 radical (unpaired) electrons. The van der Waals surface area contributed by atoms with E-state index in [0.29, 0.717) is 17.7 Å². The molecule has 1 heterocycles. The van der Waals surface area contributed by atoms with Crippen molar-refractivity contribution >= 4 is 28.2 Å². The highest BCUT2D eigenvalue weighted by atomic mass is 35.5. The molecule has 0 saturated heterocycles. The number of nitrogen functional groups attached to an aromatic ring is 1. The van der Waals surface area contributed by atoms with E-state index in [-0.39, 0.29) is 0 Å². The first-order chi connectivity index (χ1) is 10.6. The number of nitrogens with zero attached hydrogens (tertiary/aromatic N) is 1. The average Bonchev–Trinajstić information content (AvgIpc) is 2.87. The molecular weight excluding hydrogens is 296 g/mol. The Labute approximate surface area is 135 Å². The first-order valence-electron chi connectivity index (χ1n) is 7.33. The topological polar surface area (TPSA) is 40.2 Å². The van der Waals surface area contributed by atoms with Gasteiger partial charge in [0.25, 0.3) is 0 Å². The normalized spacial score (nSPS) is 11.3. The van der Waals surface area contributed by atoms with E-state index < -0.39 is 0 Å². The quantitative estimate of drug-likeness (QED) is 0.685. The van der Waals surface area contributed by atoms with E-state index in [2.05, 4.69) is 30.5 Å². The van der Waals surface area contributed by atoms with Gasteiger partial charge in [-0.05, 0) is 56.3 Å². The molecule has 0 atom stereocenters. The van der Waals surface area contributed by atoms with E-state index in [0.717, 1.165) is 28.0 Å². The molecule has 114 valence electrons. The van der Waals surface area contributed by atoms with Crippen molar-refractivity contribution in [2.24, 2.45) is 0 Å². The number of hydrogen-bond acceptors (Lipinski definition) is 2. The van der Waals surface area contributed by atoms with Gasteiger partial charge in [-0.15, -0.1) is 0 Å². The summed E-state index contributed by atoms with van der Waals surface area (Å²) in [6, 6.07) is 15.9. The summed E-state index contributed by atoms with van der Waals surface area (Å²) in [5, 5.41) is 1.78. The van der Waals surface area contributed by atoms with Crippen molar-refractivity contribution in [3.05, 3.63) is 59.2 Å². The lowest BCUT2D eigenvalue weighted by Gasteiger charge is -2.15. The zero-order valence-corrected chi connectivity index (χ0v) is 13.5. The summed E-state index contributed by atoms with van der Waals surface area (Å²) in [6.45, 7) is 4.82. The highest BCUT2D eigenvalue weighted by Gasteiger charge is 2.13. The van der Waals surface area contributed by atoms with Crippen molar-refractivity contribution in [2.45, 2.75) is 26.5 Å². The zero-order chi connectivity index (χ0) is 15.7. The standard InChI is InChI=1S/C18H19ClN2O/c1-12(2)21-14(10-16-17(20)4-3-5-18(16)21)11-22-15-8-6-13(19)7-9-15/h3-10,12H,11,20H2,1-2H3. The molecule has 0 bridgehead atoms. The van der Waals surface area contributed by atoms with Gasteiger partial charge in [-0.25, -0.2) is 0 Å². The van der Waals surface area contributed by atoms with Crippen LogP contribution in [0.2, 0.25) is 5.02 Å². The van der Waals surface area contributed by atoms with E-state index in [1.165, 1.54) is 0 Å². The molecular formula is C18H19ClN2O. The molecule has 2 N–H and O–H groups in total. The summed E-state index contributed by atoms with van der Waals surface area (Å²) < 4.78 is 8.15. The molecule has 3 rings (SSSR count). The average molecular weight is 315 g/mol. The van der Waals surface area contributed by atoms with Crippen molar-refractivity contribution in [3.8, 4) is 5.75 Å². The Morgan fingerprint density at radius 2 is 1.86 bits per heavy atom. The van der Waals surface area contributed by atoms with E-state index in [1.54, 1.807) is 0 Å². The predicted octanol–water partition coefficient (Wildman–Crippen LogP) is 5.04. The summed E-state index contributed by atoms with van der Waals surface area (Å²) in [6.07, 6.45) is 0. The summed E-state index contributed by atoms with van der Waals surface area (Å²) in [7, 11) is 0. The van der Waals surface area contributed by atoms with Crippen molar-refractivity contribution in [1.82, 2.24) is 4.57 Å². The Morgan fingerprint density at radius 3 is 2.55 bits per heavy atom. The fourth-order valence-corrected chi connectivity index (χ4v) is 2.86. The highest BCUT2D eigenvalue weighted by molar-refractivity contribution is 6.30. The lowest BCUT2D eigenvalue weighted by Crippen LogP contribution is -2.08. The SMILES string of the molecule is CC(C)n1c(COc2ccc(Cl)cc2)cc2c(N)cccc21. The van der Waals surface area contributed by atoms with Gasteiger partial charge in [0.1, 0.15) is 12.4 Å². The molecule has 0 unspecified atom stereocenters. The lowest BCUT2D eigenvalue weighted by molar-refractivity contribution is 0.293. The number of fused-ring (bicyclic) bond motifs is 1. The molecule has 0 aliphatic heterocycles. The second-order valence-corrected chi connectivity index (χ2v) is 6.06. The van der Waals surface area contributed by atoms with Gasteiger partial charge in [0, 0.05) is 22.1 Å². The number of halogens is 1.